The van der Waals surface area contributed by atoms with Gasteiger partial charge in [0.05, 0.1) is 32.2 Å². The number of phenols is 1. The lowest BCUT2D eigenvalue weighted by Crippen LogP contribution is -2.34. The summed E-state index contributed by atoms with van der Waals surface area (Å²) in [4.78, 5) is 0. The highest BCUT2D eigenvalue weighted by atomic mass is 16.3. The van der Waals surface area contributed by atoms with E-state index in [0.29, 0.717) is 21.5 Å². The number of nitrogen functional groups attached to an aromatic ring is 1. The number of phenolic OH excluding ortho intramolecular Hbond substituents is 1. The van der Waals surface area contributed by atoms with Gasteiger partial charge in [0.2, 0.25) is 0 Å². The molecule has 0 amide bonds. The topological polar surface area (TPSA) is 71.0 Å². The van der Waals surface area contributed by atoms with Crippen molar-refractivity contribution < 1.29 is 5.11 Å². The van der Waals surface area contributed by atoms with Crippen molar-refractivity contribution in [2.24, 2.45) is 10.2 Å². The van der Waals surface area contributed by atoms with Gasteiger partial charge in [-0.3, -0.25) is 4.48 Å². The number of nitrogens with zero attached hydrogens (tertiary/aromatic N) is 3. The zero-order chi connectivity index (χ0) is 17.3. The molecule has 3 aromatic rings. The molecular formula is C19H21N4O+. The van der Waals surface area contributed by atoms with E-state index in [9.17, 15) is 5.11 Å². The van der Waals surface area contributed by atoms with Crippen LogP contribution in [0.5, 0.6) is 5.75 Å². The van der Waals surface area contributed by atoms with Crippen molar-refractivity contribution >= 4 is 33.5 Å². The highest BCUT2D eigenvalue weighted by Gasteiger charge is 2.20. The van der Waals surface area contributed by atoms with Gasteiger partial charge in [-0.05, 0) is 41.8 Å². The van der Waals surface area contributed by atoms with E-state index in [1.54, 1.807) is 30.3 Å². The van der Waals surface area contributed by atoms with Crippen LogP contribution < -0.4 is 10.2 Å². The number of aromatic hydroxyl groups is 1. The fraction of sp³-hybridized carbons (Fsp3) is 0.158. The summed E-state index contributed by atoms with van der Waals surface area (Å²) in [5.74, 6) is 0.114. The Balaban J connectivity index is 2.19. The lowest BCUT2D eigenvalue weighted by atomic mass is 10.0. The number of quaternary nitrogens is 1. The van der Waals surface area contributed by atoms with Crippen molar-refractivity contribution in [1.29, 1.82) is 0 Å². The average molecular weight is 321 g/mol. The summed E-state index contributed by atoms with van der Waals surface area (Å²) in [5, 5.41) is 20.9. The molecule has 5 nitrogen and oxygen atoms in total. The van der Waals surface area contributed by atoms with Gasteiger partial charge in [0.25, 0.3) is 0 Å². The Morgan fingerprint density at radius 3 is 2.25 bits per heavy atom. The van der Waals surface area contributed by atoms with E-state index in [1.807, 2.05) is 24.3 Å². The zero-order valence-corrected chi connectivity index (χ0v) is 14.1. The number of hydrogen-bond donors (Lipinski definition) is 2. The third-order valence-electron chi connectivity index (χ3n) is 3.86. The average Bonchev–Trinajstić information content (AvgIpc) is 2.54. The first-order chi connectivity index (χ1) is 11.4. The fourth-order valence-electron chi connectivity index (χ4n) is 2.64. The summed E-state index contributed by atoms with van der Waals surface area (Å²) in [6.07, 6.45) is 0. The summed E-state index contributed by atoms with van der Waals surface area (Å²) in [7, 11) is 6.25. The largest absolute Gasteiger partial charge is 0.506 e. The first-order valence-corrected chi connectivity index (χ1v) is 7.70. The molecule has 0 aromatic heterocycles. The first-order valence-electron chi connectivity index (χ1n) is 7.70. The van der Waals surface area contributed by atoms with Crippen molar-refractivity contribution in [3.05, 3.63) is 54.6 Å². The second-order valence-electron chi connectivity index (χ2n) is 6.61. The van der Waals surface area contributed by atoms with E-state index in [1.165, 1.54) is 0 Å². The lowest BCUT2D eigenvalue weighted by molar-refractivity contribution is 0.476. The molecule has 3 aromatic carbocycles. The summed E-state index contributed by atoms with van der Waals surface area (Å²) < 4.78 is 0.616. The molecule has 0 spiro atoms. The van der Waals surface area contributed by atoms with Crippen LogP contribution in [-0.4, -0.2) is 26.2 Å². The summed E-state index contributed by atoms with van der Waals surface area (Å²) in [6.45, 7) is 0. The van der Waals surface area contributed by atoms with Crippen LogP contribution in [0.1, 0.15) is 0 Å². The van der Waals surface area contributed by atoms with Crippen LogP contribution in [0, 0.1) is 0 Å². The number of benzene rings is 3. The van der Waals surface area contributed by atoms with Crippen LogP contribution in [0.2, 0.25) is 0 Å². The monoisotopic (exact) mass is 321 g/mol. The van der Waals surface area contributed by atoms with Crippen LogP contribution in [0.4, 0.5) is 22.7 Å². The number of anilines is 1. The van der Waals surface area contributed by atoms with E-state index in [0.717, 1.165) is 16.5 Å². The molecule has 5 heteroatoms. The van der Waals surface area contributed by atoms with Crippen LogP contribution in [0.25, 0.3) is 10.8 Å². The van der Waals surface area contributed by atoms with E-state index in [-0.39, 0.29) is 5.75 Å². The highest BCUT2D eigenvalue weighted by Crippen LogP contribution is 2.42. The summed E-state index contributed by atoms with van der Waals surface area (Å²) >= 11 is 0. The molecule has 0 saturated carbocycles. The molecule has 0 aliphatic rings. The maximum absolute atomic E-state index is 10.3. The molecule has 0 fully saturated rings. The molecule has 0 heterocycles. The molecular weight excluding hydrogens is 300 g/mol. The van der Waals surface area contributed by atoms with E-state index < -0.39 is 0 Å². The second-order valence-corrected chi connectivity index (χ2v) is 6.61. The predicted octanol–water partition coefficient (Wildman–Crippen LogP) is 4.74. The molecule has 0 bridgehead atoms. The number of hydrogen-bond acceptors (Lipinski definition) is 4. The number of azo groups is 1. The molecule has 0 saturated heterocycles. The fourth-order valence-corrected chi connectivity index (χ4v) is 2.64. The Labute approximate surface area is 141 Å². The molecule has 0 radical (unpaired) electrons. The van der Waals surface area contributed by atoms with Crippen LogP contribution in [-0.2, 0) is 0 Å². The van der Waals surface area contributed by atoms with Crippen molar-refractivity contribution in [2.75, 3.05) is 26.9 Å². The van der Waals surface area contributed by atoms with Gasteiger partial charge in [-0.1, -0.05) is 18.2 Å². The molecule has 0 aliphatic heterocycles. The smallest absolute Gasteiger partial charge is 0.143 e. The Kier molecular flexibility index (Phi) is 3.95. The van der Waals surface area contributed by atoms with E-state index in [4.69, 9.17) is 5.73 Å². The molecule has 0 atom stereocenters. The Hall–Kier alpha value is -2.92. The van der Waals surface area contributed by atoms with Gasteiger partial charge in [-0.2, -0.15) is 5.11 Å². The molecule has 3 rings (SSSR count). The van der Waals surface area contributed by atoms with Gasteiger partial charge in [-0.25, -0.2) is 0 Å². The minimum Gasteiger partial charge on any atom is -0.506 e. The molecule has 0 unspecified atom stereocenters. The third-order valence-corrected chi connectivity index (χ3v) is 3.86. The molecule has 24 heavy (non-hydrogen) atoms. The van der Waals surface area contributed by atoms with Crippen molar-refractivity contribution in [2.45, 2.75) is 0 Å². The quantitative estimate of drug-likeness (QED) is 0.415. The van der Waals surface area contributed by atoms with Crippen molar-refractivity contribution in [3.8, 4) is 5.75 Å². The highest BCUT2D eigenvalue weighted by molar-refractivity contribution is 6.03. The standard InChI is InChI=1S/C19H20N4O/c1-23(2,3)16-6-4-5-13-7-12-17(24)19(18(13)16)22-21-15-10-8-14(20)9-11-15/h4-12H,1-3H3,(H2-,20,21,22,24)/p+1. The van der Waals surface area contributed by atoms with Gasteiger partial charge in [0.15, 0.2) is 0 Å². The lowest BCUT2D eigenvalue weighted by Gasteiger charge is -2.25. The second kappa shape index (κ2) is 5.94. The Bertz CT molecular complexity index is 909. The maximum atomic E-state index is 10.3. The molecule has 0 aliphatic carbocycles. The van der Waals surface area contributed by atoms with Crippen LogP contribution >= 0.6 is 0 Å². The Morgan fingerprint density at radius 2 is 1.58 bits per heavy atom. The van der Waals surface area contributed by atoms with Gasteiger partial charge in [0, 0.05) is 5.69 Å². The van der Waals surface area contributed by atoms with E-state index in [2.05, 4.69) is 31.4 Å². The minimum absolute atomic E-state index is 0.114. The van der Waals surface area contributed by atoms with Gasteiger partial charge >= 0.3 is 0 Å². The van der Waals surface area contributed by atoms with Gasteiger partial charge in [0.1, 0.15) is 17.1 Å². The van der Waals surface area contributed by atoms with Crippen molar-refractivity contribution in [1.82, 2.24) is 4.48 Å². The van der Waals surface area contributed by atoms with E-state index >= 15 is 0 Å². The number of fused-ring (bicyclic) bond motifs is 1. The third kappa shape index (κ3) is 3.07. The SMILES string of the molecule is C[N+](C)(C)c1cccc2ccc(O)c(N=Nc3ccc(N)cc3)c12. The van der Waals surface area contributed by atoms with Crippen LogP contribution in [0.3, 0.4) is 0 Å². The minimum atomic E-state index is 0.114. The van der Waals surface area contributed by atoms with Crippen LogP contribution in [0.15, 0.2) is 64.8 Å². The van der Waals surface area contributed by atoms with Gasteiger partial charge in [-0.15, -0.1) is 5.11 Å². The predicted molar refractivity (Wildman–Crippen MR) is 100 cm³/mol. The maximum Gasteiger partial charge on any atom is 0.143 e. The first kappa shape index (κ1) is 16.0. The van der Waals surface area contributed by atoms with Gasteiger partial charge < -0.3 is 10.8 Å². The zero-order valence-electron chi connectivity index (χ0n) is 14.1. The summed E-state index contributed by atoms with van der Waals surface area (Å²) in [5.41, 5.74) is 8.59. The van der Waals surface area contributed by atoms with Crippen molar-refractivity contribution in [3.63, 3.8) is 0 Å². The molecule has 122 valence electrons. The number of nitrogens with two attached hydrogens (primary N) is 1. The summed E-state index contributed by atoms with van der Waals surface area (Å²) in [6, 6.07) is 16.7. The molecule has 3 N–H and O–H groups in total. The number of rotatable bonds is 3. The Morgan fingerprint density at radius 1 is 0.875 bits per heavy atom. The normalized spacial score (nSPS) is 12.1.